The number of ether oxygens (including phenoxy) is 1. The number of benzene rings is 1. The van der Waals surface area contributed by atoms with E-state index >= 15 is 0 Å². The summed E-state index contributed by atoms with van der Waals surface area (Å²) in [4.78, 5) is 23.0. The van der Waals surface area contributed by atoms with Crippen LogP contribution in [0, 0.1) is 0 Å². The Morgan fingerprint density at radius 2 is 2.11 bits per heavy atom. The van der Waals surface area contributed by atoms with Gasteiger partial charge in [-0.15, -0.1) is 11.8 Å². The van der Waals surface area contributed by atoms with Crippen molar-refractivity contribution in [2.75, 3.05) is 5.75 Å². The number of hydrogen-bond donors (Lipinski definition) is 0. The molecule has 0 heterocycles. The van der Waals surface area contributed by atoms with E-state index in [0.29, 0.717) is 15.5 Å². The Bertz CT molecular complexity index is 452. The van der Waals surface area contributed by atoms with E-state index in [0.717, 1.165) is 6.29 Å². The molecule has 1 aromatic carbocycles. The number of esters is 1. The van der Waals surface area contributed by atoms with Crippen molar-refractivity contribution >= 4 is 35.6 Å². The van der Waals surface area contributed by atoms with E-state index in [1.54, 1.807) is 18.2 Å². The molecular formula is C13H15ClO3S. The smallest absolute Gasteiger partial charge is 0.316 e. The third-order valence-corrected chi connectivity index (χ3v) is 3.43. The lowest BCUT2D eigenvalue weighted by Crippen LogP contribution is -2.24. The molecule has 0 saturated carbocycles. The molecule has 0 fully saturated rings. The standard InChI is InChI=1S/C13H15ClO3S/c1-13(2,3)17-11(16)8-18-12-9(7-15)5-4-6-10(12)14/h4-7H,8H2,1-3H3. The summed E-state index contributed by atoms with van der Waals surface area (Å²) in [7, 11) is 0. The lowest BCUT2D eigenvalue weighted by molar-refractivity contribution is -0.151. The third kappa shape index (κ3) is 4.70. The number of rotatable bonds is 4. The van der Waals surface area contributed by atoms with Crippen molar-refractivity contribution < 1.29 is 14.3 Å². The molecule has 0 aromatic heterocycles. The van der Waals surface area contributed by atoms with Crippen LogP contribution in [0.1, 0.15) is 31.1 Å². The van der Waals surface area contributed by atoms with Crippen LogP contribution in [-0.4, -0.2) is 23.6 Å². The van der Waals surface area contributed by atoms with Crippen LogP contribution < -0.4 is 0 Å². The van der Waals surface area contributed by atoms with Gasteiger partial charge in [0, 0.05) is 10.5 Å². The predicted octanol–water partition coefficient (Wildman–Crippen LogP) is 3.59. The topological polar surface area (TPSA) is 43.4 Å². The molecule has 0 amide bonds. The molecule has 0 aliphatic carbocycles. The molecule has 0 spiro atoms. The SMILES string of the molecule is CC(C)(C)OC(=O)CSc1c(Cl)cccc1C=O. The van der Waals surface area contributed by atoms with Crippen LogP contribution >= 0.6 is 23.4 Å². The van der Waals surface area contributed by atoms with Crippen molar-refractivity contribution in [1.82, 2.24) is 0 Å². The zero-order chi connectivity index (χ0) is 13.8. The summed E-state index contributed by atoms with van der Waals surface area (Å²) in [5.41, 5.74) is -0.0259. The van der Waals surface area contributed by atoms with Gasteiger partial charge in [-0.25, -0.2) is 0 Å². The first-order valence-corrected chi connectivity index (χ1v) is 6.78. The normalized spacial score (nSPS) is 11.1. The minimum Gasteiger partial charge on any atom is -0.459 e. The largest absolute Gasteiger partial charge is 0.459 e. The molecule has 0 unspecified atom stereocenters. The summed E-state index contributed by atoms with van der Waals surface area (Å²) in [6.45, 7) is 5.42. The zero-order valence-corrected chi connectivity index (χ0v) is 12.1. The molecule has 3 nitrogen and oxygen atoms in total. The van der Waals surface area contributed by atoms with E-state index in [1.165, 1.54) is 11.8 Å². The predicted molar refractivity (Wildman–Crippen MR) is 73.4 cm³/mol. The van der Waals surface area contributed by atoms with E-state index in [9.17, 15) is 9.59 Å². The fourth-order valence-corrected chi connectivity index (χ4v) is 2.43. The van der Waals surface area contributed by atoms with Crippen molar-refractivity contribution in [3.05, 3.63) is 28.8 Å². The van der Waals surface area contributed by atoms with Crippen molar-refractivity contribution in [3.8, 4) is 0 Å². The van der Waals surface area contributed by atoms with Crippen molar-refractivity contribution in [3.63, 3.8) is 0 Å². The average molecular weight is 287 g/mol. The van der Waals surface area contributed by atoms with Crippen molar-refractivity contribution in [2.24, 2.45) is 0 Å². The maximum atomic E-state index is 11.6. The fourth-order valence-electron chi connectivity index (χ4n) is 1.27. The molecular weight excluding hydrogens is 272 g/mol. The number of hydrogen-bond acceptors (Lipinski definition) is 4. The highest BCUT2D eigenvalue weighted by atomic mass is 35.5. The van der Waals surface area contributed by atoms with Crippen LogP contribution in [-0.2, 0) is 9.53 Å². The van der Waals surface area contributed by atoms with Gasteiger partial charge in [0.1, 0.15) is 5.60 Å². The minimum atomic E-state index is -0.508. The van der Waals surface area contributed by atoms with Gasteiger partial charge < -0.3 is 4.74 Å². The summed E-state index contributed by atoms with van der Waals surface area (Å²) in [6, 6.07) is 5.05. The fraction of sp³-hybridized carbons (Fsp3) is 0.385. The number of carbonyl (C=O) groups excluding carboxylic acids is 2. The van der Waals surface area contributed by atoms with Crippen molar-refractivity contribution in [1.29, 1.82) is 0 Å². The molecule has 1 rings (SSSR count). The average Bonchev–Trinajstić information content (AvgIpc) is 2.24. The summed E-state index contributed by atoms with van der Waals surface area (Å²) >= 11 is 7.20. The lowest BCUT2D eigenvalue weighted by Gasteiger charge is -2.19. The number of thioether (sulfide) groups is 1. The van der Waals surface area contributed by atoms with Gasteiger partial charge in [0.2, 0.25) is 0 Å². The monoisotopic (exact) mass is 286 g/mol. The van der Waals surface area contributed by atoms with Gasteiger partial charge in [0.15, 0.2) is 6.29 Å². The van der Waals surface area contributed by atoms with Gasteiger partial charge >= 0.3 is 5.97 Å². The first-order chi connectivity index (χ1) is 8.33. The molecule has 0 atom stereocenters. The highest BCUT2D eigenvalue weighted by molar-refractivity contribution is 8.00. The quantitative estimate of drug-likeness (QED) is 0.482. The van der Waals surface area contributed by atoms with Crippen LogP contribution in [0.3, 0.4) is 0 Å². The van der Waals surface area contributed by atoms with E-state index in [-0.39, 0.29) is 11.7 Å². The van der Waals surface area contributed by atoms with Gasteiger partial charge in [-0.1, -0.05) is 23.7 Å². The van der Waals surface area contributed by atoms with Crippen LogP contribution in [0.25, 0.3) is 0 Å². The molecule has 0 aliphatic heterocycles. The molecule has 0 aliphatic rings. The zero-order valence-electron chi connectivity index (χ0n) is 10.5. The first-order valence-electron chi connectivity index (χ1n) is 5.42. The van der Waals surface area contributed by atoms with Gasteiger partial charge in [0.25, 0.3) is 0 Å². The van der Waals surface area contributed by atoms with Crippen LogP contribution in [0.2, 0.25) is 5.02 Å². The van der Waals surface area contributed by atoms with Crippen LogP contribution in [0.15, 0.2) is 23.1 Å². The Morgan fingerprint density at radius 3 is 2.67 bits per heavy atom. The molecule has 0 bridgehead atoms. The number of halogens is 1. The van der Waals surface area contributed by atoms with E-state index in [4.69, 9.17) is 16.3 Å². The molecule has 5 heteroatoms. The summed E-state index contributed by atoms with van der Waals surface area (Å²) < 4.78 is 5.18. The molecule has 0 radical (unpaired) electrons. The van der Waals surface area contributed by atoms with Crippen LogP contribution in [0.5, 0.6) is 0 Å². The second-order valence-electron chi connectivity index (χ2n) is 4.65. The molecule has 0 saturated heterocycles. The Hall–Kier alpha value is -1.00. The maximum Gasteiger partial charge on any atom is 0.316 e. The Balaban J connectivity index is 2.69. The first kappa shape index (κ1) is 15.1. The Kier molecular flexibility index (Phi) is 5.23. The van der Waals surface area contributed by atoms with E-state index < -0.39 is 5.60 Å². The van der Waals surface area contributed by atoms with E-state index in [2.05, 4.69) is 0 Å². The highest BCUT2D eigenvalue weighted by Gasteiger charge is 2.17. The second kappa shape index (κ2) is 6.25. The summed E-state index contributed by atoms with van der Waals surface area (Å²) in [5, 5.41) is 0.466. The summed E-state index contributed by atoms with van der Waals surface area (Å²) in [6.07, 6.45) is 0.726. The summed E-state index contributed by atoms with van der Waals surface area (Å²) in [5.74, 6) is -0.203. The molecule has 0 N–H and O–H groups in total. The van der Waals surface area contributed by atoms with Gasteiger partial charge in [0.05, 0.1) is 10.8 Å². The maximum absolute atomic E-state index is 11.6. The van der Waals surface area contributed by atoms with E-state index in [1.807, 2.05) is 20.8 Å². The van der Waals surface area contributed by atoms with Gasteiger partial charge in [-0.2, -0.15) is 0 Å². The third-order valence-electron chi connectivity index (χ3n) is 1.88. The molecule has 18 heavy (non-hydrogen) atoms. The number of aldehydes is 1. The Labute approximate surface area is 116 Å². The van der Waals surface area contributed by atoms with Crippen molar-refractivity contribution in [2.45, 2.75) is 31.3 Å². The Morgan fingerprint density at radius 1 is 1.44 bits per heavy atom. The highest BCUT2D eigenvalue weighted by Crippen LogP contribution is 2.30. The van der Waals surface area contributed by atoms with Gasteiger partial charge in [-0.05, 0) is 26.8 Å². The number of carbonyl (C=O) groups is 2. The second-order valence-corrected chi connectivity index (χ2v) is 6.04. The molecule has 98 valence electrons. The van der Waals surface area contributed by atoms with Gasteiger partial charge in [-0.3, -0.25) is 9.59 Å². The molecule has 1 aromatic rings. The van der Waals surface area contributed by atoms with Crippen LogP contribution in [0.4, 0.5) is 0 Å². The minimum absolute atomic E-state index is 0.127. The lowest BCUT2D eigenvalue weighted by atomic mass is 10.2.